The number of aryl methyl sites for hydroxylation is 1. The van der Waals surface area contributed by atoms with Crippen LogP contribution in [-0.2, 0) is 6.42 Å². The van der Waals surface area contributed by atoms with Gasteiger partial charge in [0.2, 0.25) is 0 Å². The molecule has 38 heavy (non-hydrogen) atoms. The average Bonchev–Trinajstić information content (AvgIpc) is 2.97. The molecule has 0 bridgehead atoms. The predicted molar refractivity (Wildman–Crippen MR) is 161 cm³/mol. The van der Waals surface area contributed by atoms with E-state index < -0.39 is 0 Å². The van der Waals surface area contributed by atoms with Crippen LogP contribution in [0, 0.1) is 16.7 Å². The summed E-state index contributed by atoms with van der Waals surface area (Å²) in [6.45, 7) is 4.54. The summed E-state index contributed by atoms with van der Waals surface area (Å²) in [4.78, 5) is 9.34. The Bertz CT molecular complexity index is 917. The van der Waals surface area contributed by atoms with Gasteiger partial charge in [0.25, 0.3) is 0 Å². The van der Waals surface area contributed by atoms with Crippen LogP contribution in [-0.4, -0.2) is 9.97 Å². The normalized spacial score (nSPS) is 19.3. The Morgan fingerprint density at radius 2 is 1.26 bits per heavy atom. The Kier molecular flexibility index (Phi) is 13.9. The number of unbranched alkanes of at least 4 members (excludes halogenated alkanes) is 12. The molecule has 3 heteroatoms. The molecule has 1 aromatic heterocycles. The summed E-state index contributed by atoms with van der Waals surface area (Å²) in [7, 11) is 0. The lowest BCUT2D eigenvalue weighted by Gasteiger charge is -2.35. The van der Waals surface area contributed by atoms with Gasteiger partial charge in [-0.15, -0.1) is 0 Å². The minimum Gasteiger partial charge on any atom is -0.236 e. The topological polar surface area (TPSA) is 49.6 Å². The second-order valence-electron chi connectivity index (χ2n) is 11.9. The van der Waals surface area contributed by atoms with Crippen molar-refractivity contribution in [3.8, 4) is 17.5 Å². The van der Waals surface area contributed by atoms with Crippen molar-refractivity contribution in [2.75, 3.05) is 0 Å². The van der Waals surface area contributed by atoms with E-state index in [-0.39, 0.29) is 5.41 Å². The van der Waals surface area contributed by atoms with Crippen molar-refractivity contribution in [2.45, 2.75) is 148 Å². The molecule has 1 aliphatic rings. The van der Waals surface area contributed by atoms with E-state index in [1.54, 1.807) is 0 Å². The first-order chi connectivity index (χ1) is 18.7. The number of hydrogen-bond acceptors (Lipinski definition) is 3. The Morgan fingerprint density at radius 3 is 1.82 bits per heavy atom. The smallest absolute Gasteiger partial charge is 0.159 e. The third-order valence-corrected chi connectivity index (χ3v) is 8.85. The number of rotatable bonds is 18. The lowest BCUT2D eigenvalue weighted by Crippen LogP contribution is -2.25. The molecule has 1 fully saturated rings. The molecule has 3 rings (SSSR count). The minimum atomic E-state index is -0.0789. The van der Waals surface area contributed by atoms with E-state index in [0.717, 1.165) is 49.9 Å². The highest BCUT2D eigenvalue weighted by atomic mass is 14.9. The van der Waals surface area contributed by atoms with Gasteiger partial charge in [0.1, 0.15) is 0 Å². The van der Waals surface area contributed by atoms with Crippen molar-refractivity contribution in [2.24, 2.45) is 5.41 Å². The van der Waals surface area contributed by atoms with Crippen LogP contribution in [0.1, 0.15) is 153 Å². The van der Waals surface area contributed by atoms with Crippen LogP contribution in [0.25, 0.3) is 11.4 Å². The Morgan fingerprint density at radius 1 is 0.737 bits per heavy atom. The van der Waals surface area contributed by atoms with Gasteiger partial charge in [-0.2, -0.15) is 5.26 Å². The number of nitriles is 1. The van der Waals surface area contributed by atoms with Crippen molar-refractivity contribution >= 4 is 0 Å². The first kappa shape index (κ1) is 30.3. The molecular formula is C35H53N3. The minimum absolute atomic E-state index is 0.0789. The second kappa shape index (κ2) is 17.4. The van der Waals surface area contributed by atoms with E-state index in [1.807, 2.05) is 12.4 Å². The molecule has 0 atom stereocenters. The monoisotopic (exact) mass is 515 g/mol. The van der Waals surface area contributed by atoms with E-state index in [2.05, 4.69) is 54.2 Å². The molecule has 1 aliphatic carbocycles. The summed E-state index contributed by atoms with van der Waals surface area (Å²) < 4.78 is 0. The van der Waals surface area contributed by atoms with Crippen molar-refractivity contribution in [1.29, 1.82) is 5.26 Å². The molecule has 0 aliphatic heterocycles. The zero-order valence-electron chi connectivity index (χ0n) is 24.5. The van der Waals surface area contributed by atoms with E-state index in [9.17, 15) is 5.26 Å². The Labute approximate surface area is 233 Å². The van der Waals surface area contributed by atoms with Gasteiger partial charge in [-0.1, -0.05) is 122 Å². The molecule has 0 amide bonds. The molecule has 0 unspecified atom stereocenters. The molecule has 0 radical (unpaired) electrons. The average molecular weight is 516 g/mol. The van der Waals surface area contributed by atoms with E-state index >= 15 is 0 Å². The highest BCUT2D eigenvalue weighted by molar-refractivity contribution is 5.55. The Balaban J connectivity index is 1.40. The number of benzene rings is 1. The summed E-state index contributed by atoms with van der Waals surface area (Å²) in [5.41, 5.74) is 3.67. The zero-order valence-corrected chi connectivity index (χ0v) is 24.5. The molecule has 0 saturated heterocycles. The van der Waals surface area contributed by atoms with Crippen LogP contribution in [0.3, 0.4) is 0 Å². The second-order valence-corrected chi connectivity index (χ2v) is 11.9. The van der Waals surface area contributed by atoms with Crippen LogP contribution >= 0.6 is 0 Å². The SMILES string of the molecule is CCCCCCCCCc1cnc(-c2ccc(C3CCC(C#N)(CCCCCCCCC)CC3)cc2)nc1. The van der Waals surface area contributed by atoms with E-state index in [1.165, 1.54) is 101 Å². The van der Waals surface area contributed by atoms with Crippen molar-refractivity contribution < 1.29 is 0 Å². The molecule has 1 saturated carbocycles. The van der Waals surface area contributed by atoms with Crippen molar-refractivity contribution in [3.05, 3.63) is 47.8 Å². The lowest BCUT2D eigenvalue weighted by atomic mass is 9.67. The summed E-state index contributed by atoms with van der Waals surface area (Å²) in [5.74, 6) is 1.39. The fourth-order valence-electron chi connectivity index (χ4n) is 6.17. The standard InChI is InChI=1S/C35H53N3/c1-3-5-7-9-11-13-15-17-30-27-37-34(38-28-30)33-20-18-31(19-21-33)32-22-25-35(29-36,26-23-32)24-16-14-12-10-8-6-4-2/h18-21,27-28,32H,3-17,22-26H2,1-2H3. The summed E-state index contributed by atoms with van der Waals surface area (Å²) in [6, 6.07) is 11.7. The van der Waals surface area contributed by atoms with Gasteiger partial charge in [0.15, 0.2) is 5.82 Å². The molecule has 1 aromatic carbocycles. The summed E-state index contributed by atoms with van der Waals surface area (Å²) in [6.07, 6.45) is 29.2. The molecule has 0 spiro atoms. The maximum atomic E-state index is 9.99. The van der Waals surface area contributed by atoms with Gasteiger partial charge in [-0.05, 0) is 62.0 Å². The highest BCUT2D eigenvalue weighted by Gasteiger charge is 2.35. The molecule has 3 nitrogen and oxygen atoms in total. The maximum Gasteiger partial charge on any atom is 0.159 e. The van der Waals surface area contributed by atoms with Crippen LogP contribution in [0.5, 0.6) is 0 Å². The van der Waals surface area contributed by atoms with Crippen LogP contribution in [0.15, 0.2) is 36.7 Å². The first-order valence-electron chi connectivity index (χ1n) is 16.0. The zero-order chi connectivity index (χ0) is 26.9. The van der Waals surface area contributed by atoms with Gasteiger partial charge in [0.05, 0.1) is 11.5 Å². The quantitative estimate of drug-likeness (QED) is 0.185. The highest BCUT2D eigenvalue weighted by Crippen LogP contribution is 2.45. The molecule has 1 heterocycles. The summed E-state index contributed by atoms with van der Waals surface area (Å²) in [5, 5.41) is 9.99. The van der Waals surface area contributed by atoms with Gasteiger partial charge in [-0.3, -0.25) is 0 Å². The number of nitrogens with zero attached hydrogens (tertiary/aromatic N) is 3. The van der Waals surface area contributed by atoms with Crippen LogP contribution in [0.4, 0.5) is 0 Å². The van der Waals surface area contributed by atoms with Crippen LogP contribution in [0.2, 0.25) is 0 Å². The predicted octanol–water partition coefficient (Wildman–Crippen LogP) is 10.7. The van der Waals surface area contributed by atoms with Gasteiger partial charge >= 0.3 is 0 Å². The maximum absolute atomic E-state index is 9.99. The summed E-state index contributed by atoms with van der Waals surface area (Å²) >= 11 is 0. The number of aromatic nitrogens is 2. The van der Waals surface area contributed by atoms with Crippen molar-refractivity contribution in [1.82, 2.24) is 9.97 Å². The van der Waals surface area contributed by atoms with Crippen molar-refractivity contribution in [3.63, 3.8) is 0 Å². The van der Waals surface area contributed by atoms with Gasteiger partial charge in [-0.25, -0.2) is 9.97 Å². The fraction of sp³-hybridized carbons (Fsp3) is 0.686. The third-order valence-electron chi connectivity index (χ3n) is 8.85. The first-order valence-corrected chi connectivity index (χ1v) is 16.0. The fourth-order valence-corrected chi connectivity index (χ4v) is 6.17. The third kappa shape index (κ3) is 10.2. The largest absolute Gasteiger partial charge is 0.236 e. The van der Waals surface area contributed by atoms with Gasteiger partial charge in [0, 0.05) is 18.0 Å². The lowest BCUT2D eigenvalue weighted by molar-refractivity contribution is 0.223. The molecule has 208 valence electrons. The van der Waals surface area contributed by atoms with E-state index in [4.69, 9.17) is 0 Å². The van der Waals surface area contributed by atoms with E-state index in [0.29, 0.717) is 5.92 Å². The Hall–Kier alpha value is -2.21. The van der Waals surface area contributed by atoms with Crippen LogP contribution < -0.4 is 0 Å². The number of hydrogen-bond donors (Lipinski definition) is 0. The van der Waals surface area contributed by atoms with Gasteiger partial charge < -0.3 is 0 Å². The molecule has 2 aromatic rings. The molecule has 0 N–H and O–H groups in total. The molecular weight excluding hydrogens is 462 g/mol.